The van der Waals surface area contributed by atoms with Crippen LogP contribution in [0.25, 0.3) is 0 Å². The molecular weight excluding hydrogens is 620 g/mol. The highest BCUT2D eigenvalue weighted by Gasteiger charge is 2.49. The summed E-state index contributed by atoms with van der Waals surface area (Å²) in [5, 5.41) is 11.4. The fourth-order valence-corrected chi connectivity index (χ4v) is 7.22. The summed E-state index contributed by atoms with van der Waals surface area (Å²) in [5.41, 5.74) is 0.564. The molecule has 1 heterocycles. The van der Waals surface area contributed by atoms with Crippen molar-refractivity contribution in [3.05, 3.63) is 84.2 Å². The van der Waals surface area contributed by atoms with Gasteiger partial charge in [0.2, 0.25) is 5.75 Å². The molecule has 0 amide bonds. The summed E-state index contributed by atoms with van der Waals surface area (Å²) in [6.45, 7) is 10.7. The molecule has 0 saturated carbocycles. The molecule has 3 aliphatic rings. The molecule has 2 aromatic carbocycles. The van der Waals surface area contributed by atoms with E-state index >= 15 is 0 Å². The van der Waals surface area contributed by atoms with Gasteiger partial charge < -0.3 is 9.64 Å². The summed E-state index contributed by atoms with van der Waals surface area (Å²) < 4.78 is 45.2. The topological polar surface area (TPSA) is 89.8 Å². The van der Waals surface area contributed by atoms with Crippen molar-refractivity contribution in [2.24, 2.45) is 10.8 Å². The third-order valence-corrected chi connectivity index (χ3v) is 8.95. The quantitative estimate of drug-likeness (QED) is 0.236. The molecule has 44 heavy (non-hydrogen) atoms. The van der Waals surface area contributed by atoms with Crippen LogP contribution in [0.4, 0.5) is 18.9 Å². The van der Waals surface area contributed by atoms with Crippen LogP contribution in [0.15, 0.2) is 52.9 Å². The number of ether oxygens (including phenoxy) is 1. The number of hydrogen-bond acceptors (Lipinski definition) is 6. The van der Waals surface area contributed by atoms with E-state index in [4.69, 9.17) is 27.9 Å². The monoisotopic (exact) mass is 650 g/mol. The molecule has 2 aliphatic carbocycles. The Balaban J connectivity index is 1.65. The number of benzene rings is 2. The van der Waals surface area contributed by atoms with Crippen LogP contribution in [0.2, 0.25) is 10.0 Å². The average molecular weight is 652 g/mol. The van der Waals surface area contributed by atoms with Gasteiger partial charge in [-0.05, 0) is 60.4 Å². The highest BCUT2D eigenvalue weighted by atomic mass is 35.5. The number of nitrogens with zero attached hydrogens (tertiary/aromatic N) is 2. The maximum atomic E-state index is 13.8. The van der Waals surface area contributed by atoms with E-state index in [1.165, 1.54) is 12.1 Å². The molecule has 0 fully saturated rings. The second kappa shape index (κ2) is 10.9. The van der Waals surface area contributed by atoms with Gasteiger partial charge in [0.15, 0.2) is 17.3 Å². The fraction of sp³-hybridized carbons (Fsp3) is 0.438. The molecule has 0 radical (unpaired) electrons. The predicted octanol–water partition coefficient (Wildman–Crippen LogP) is 9.42. The van der Waals surface area contributed by atoms with Crippen molar-refractivity contribution in [3.63, 3.8) is 0 Å². The number of rotatable bonds is 5. The van der Waals surface area contributed by atoms with Crippen molar-refractivity contribution in [3.8, 4) is 11.5 Å². The van der Waals surface area contributed by atoms with Gasteiger partial charge in [-0.2, -0.15) is 13.2 Å². The minimum absolute atomic E-state index is 0.0724. The lowest BCUT2D eigenvalue weighted by Crippen LogP contribution is -2.44. The van der Waals surface area contributed by atoms with Crippen LogP contribution in [-0.2, 0) is 15.8 Å². The third-order valence-electron chi connectivity index (χ3n) is 8.39. The second-order valence-electron chi connectivity index (χ2n) is 13.1. The van der Waals surface area contributed by atoms with Gasteiger partial charge in [0.1, 0.15) is 0 Å². The first kappa shape index (κ1) is 32.0. The maximum Gasteiger partial charge on any atom is 0.416 e. The summed E-state index contributed by atoms with van der Waals surface area (Å²) >= 11 is 13.3. The van der Waals surface area contributed by atoms with Gasteiger partial charge in [0, 0.05) is 53.9 Å². The number of allylic oxidation sites excluding steroid dienone is 4. The van der Waals surface area contributed by atoms with Crippen molar-refractivity contribution in [2.75, 3.05) is 6.54 Å². The molecular formula is C32H31Cl2F3N2O5. The first-order valence-corrected chi connectivity index (χ1v) is 14.9. The Morgan fingerprint density at radius 2 is 1.43 bits per heavy atom. The number of hydrogen-bond donors (Lipinski definition) is 0. The van der Waals surface area contributed by atoms with Gasteiger partial charge in [0.05, 0.1) is 20.5 Å². The summed E-state index contributed by atoms with van der Waals surface area (Å²) in [6.07, 6.45) is -2.95. The normalized spacial score (nSPS) is 20.1. The van der Waals surface area contributed by atoms with Crippen LogP contribution >= 0.6 is 23.2 Å². The Morgan fingerprint density at radius 3 is 1.86 bits per heavy atom. The van der Waals surface area contributed by atoms with Crippen LogP contribution in [-0.4, -0.2) is 27.9 Å². The second-order valence-corrected chi connectivity index (χ2v) is 13.9. The number of alkyl halides is 3. The highest BCUT2D eigenvalue weighted by Crippen LogP contribution is 2.55. The lowest BCUT2D eigenvalue weighted by molar-refractivity contribution is -0.385. The molecule has 0 atom stereocenters. The van der Waals surface area contributed by atoms with Crippen molar-refractivity contribution >= 4 is 40.5 Å². The highest BCUT2D eigenvalue weighted by molar-refractivity contribution is 6.37. The molecule has 0 bridgehead atoms. The lowest BCUT2D eigenvalue weighted by Gasteiger charge is -2.49. The zero-order valence-electron chi connectivity index (χ0n) is 24.8. The Morgan fingerprint density at radius 1 is 0.932 bits per heavy atom. The van der Waals surface area contributed by atoms with E-state index < -0.39 is 34.0 Å². The smallest absolute Gasteiger partial charge is 0.416 e. The molecule has 1 aliphatic heterocycles. The Labute approximate surface area is 262 Å². The van der Waals surface area contributed by atoms with Crippen molar-refractivity contribution in [2.45, 2.75) is 72.4 Å². The fourth-order valence-electron chi connectivity index (χ4n) is 6.64. The van der Waals surface area contributed by atoms with Gasteiger partial charge in [-0.1, -0.05) is 50.9 Å². The van der Waals surface area contributed by atoms with E-state index in [0.717, 1.165) is 17.5 Å². The number of nitro groups is 1. The van der Waals surface area contributed by atoms with E-state index in [-0.39, 0.29) is 38.2 Å². The summed E-state index contributed by atoms with van der Waals surface area (Å²) in [4.78, 5) is 40.4. The number of carbonyl (C=O) groups is 2. The first-order chi connectivity index (χ1) is 20.3. The largest absolute Gasteiger partial charge is 0.447 e. The Hall–Kier alpha value is -3.37. The molecule has 0 unspecified atom stereocenters. The van der Waals surface area contributed by atoms with Crippen molar-refractivity contribution < 1.29 is 32.4 Å². The van der Waals surface area contributed by atoms with E-state index in [2.05, 4.69) is 4.90 Å². The zero-order valence-corrected chi connectivity index (χ0v) is 26.3. The number of nitro benzene ring substituents is 1. The minimum atomic E-state index is -4.80. The maximum absolute atomic E-state index is 13.8. The minimum Gasteiger partial charge on any atom is -0.447 e. The molecule has 5 rings (SSSR count). The third kappa shape index (κ3) is 5.74. The molecule has 0 spiro atoms. The van der Waals surface area contributed by atoms with E-state index in [0.29, 0.717) is 61.1 Å². The number of halogens is 5. The van der Waals surface area contributed by atoms with Gasteiger partial charge >= 0.3 is 11.9 Å². The molecule has 0 saturated heterocycles. The van der Waals surface area contributed by atoms with Crippen LogP contribution in [0.1, 0.15) is 77.3 Å². The number of Topliss-reactive ketones (excluding diaryl/α,β-unsaturated/α-hetero) is 2. The van der Waals surface area contributed by atoms with E-state index in [1.54, 1.807) is 0 Å². The molecule has 7 nitrogen and oxygen atoms in total. The average Bonchev–Trinajstić information content (AvgIpc) is 2.87. The van der Waals surface area contributed by atoms with Gasteiger partial charge in [-0.25, -0.2) is 0 Å². The van der Waals surface area contributed by atoms with E-state index in [1.807, 2.05) is 34.6 Å². The van der Waals surface area contributed by atoms with Crippen LogP contribution < -0.4 is 4.74 Å². The van der Waals surface area contributed by atoms with Gasteiger partial charge in [0.25, 0.3) is 0 Å². The lowest BCUT2D eigenvalue weighted by atomic mass is 9.63. The Bertz CT molecular complexity index is 1600. The van der Waals surface area contributed by atoms with Crippen LogP contribution in [0.5, 0.6) is 11.5 Å². The van der Waals surface area contributed by atoms with Gasteiger partial charge in [-0.15, -0.1) is 0 Å². The van der Waals surface area contributed by atoms with Crippen LogP contribution in [0, 0.1) is 20.9 Å². The Kier molecular flexibility index (Phi) is 7.94. The number of ketones is 2. The molecule has 2 aromatic rings. The van der Waals surface area contributed by atoms with E-state index in [9.17, 15) is 32.9 Å². The van der Waals surface area contributed by atoms with Crippen LogP contribution in [0.3, 0.4) is 0 Å². The molecule has 0 aromatic heterocycles. The first-order valence-electron chi connectivity index (χ1n) is 14.2. The molecule has 0 N–H and O–H groups in total. The van der Waals surface area contributed by atoms with Crippen molar-refractivity contribution in [1.82, 2.24) is 4.90 Å². The summed E-state index contributed by atoms with van der Waals surface area (Å²) in [5.74, 6) is -1.57. The zero-order chi connectivity index (χ0) is 32.5. The number of carbonyl (C=O) groups excluding carboxylic acids is 2. The summed E-state index contributed by atoms with van der Waals surface area (Å²) in [6, 6.07) is 4.87. The SMILES string of the molecule is CCN1C2=C(C(=O)CC(C)(C)C2)C(c2cc(Cl)c(Oc3ccc(C(F)(F)F)cc3[N+](=O)[O-])c(Cl)c2)C2=C1CC(C)(C)CC2=O. The molecule has 12 heteroatoms. The summed E-state index contributed by atoms with van der Waals surface area (Å²) in [7, 11) is 0. The molecule has 234 valence electrons. The van der Waals surface area contributed by atoms with Gasteiger partial charge in [-0.3, -0.25) is 19.7 Å². The standard InChI is InChI=1S/C32H31Cl2F3N2O5/c1-6-38-21-12-30(2,3)14-23(40)27(21)26(28-22(38)13-31(4,5)15-24(28)41)16-9-18(33)29(19(34)10-16)44-25-8-7-17(32(35,36)37)11-20(25)39(42)43/h7-11,26H,6,12-15H2,1-5H3. The van der Waals surface area contributed by atoms with Crippen molar-refractivity contribution in [1.29, 1.82) is 0 Å². The predicted molar refractivity (Wildman–Crippen MR) is 160 cm³/mol.